The second-order valence-electron chi connectivity index (χ2n) is 7.46. The summed E-state index contributed by atoms with van der Waals surface area (Å²) in [6.07, 6.45) is 1.40. The summed E-state index contributed by atoms with van der Waals surface area (Å²) in [5.41, 5.74) is 1.58. The van der Waals surface area contributed by atoms with Crippen LogP contribution in [0, 0.1) is 0 Å². The Hall–Kier alpha value is -3.62. The maximum absolute atomic E-state index is 13.2. The minimum atomic E-state index is -0.835. The average molecular weight is 556 g/mol. The lowest BCUT2D eigenvalue weighted by molar-refractivity contribution is -0.122. The van der Waals surface area contributed by atoms with E-state index in [2.05, 4.69) is 21.2 Å². The maximum Gasteiger partial charge on any atom is 0.335 e. The van der Waals surface area contributed by atoms with Gasteiger partial charge in [0, 0.05) is 9.50 Å². The van der Waals surface area contributed by atoms with Gasteiger partial charge in [-0.25, -0.2) is 9.69 Å². The largest absolute Gasteiger partial charge is 0.490 e. The Kier molecular flexibility index (Phi) is 7.53. The summed E-state index contributed by atoms with van der Waals surface area (Å²) in [4.78, 5) is 39.0. The van der Waals surface area contributed by atoms with Gasteiger partial charge in [0.1, 0.15) is 12.2 Å². The Balaban J connectivity index is 1.66. The standard InChI is InChI=1S/C26H20BrClN2O5/c1-2-34-22-13-17(21(27)14-23(22)35-15-16-6-4-3-5-7-16)12-20-24(31)29-26(33)30(25(20)32)19-10-8-18(28)9-11-19/h3-14H,2,15H2,1H3,(H,29,31,33)/b20-12+. The number of amides is 4. The van der Waals surface area contributed by atoms with Crippen LogP contribution in [0.2, 0.25) is 5.02 Å². The summed E-state index contributed by atoms with van der Waals surface area (Å²) in [6, 6.07) is 18.4. The molecule has 0 aromatic heterocycles. The van der Waals surface area contributed by atoms with Crippen LogP contribution in [0.3, 0.4) is 0 Å². The normalized spacial score (nSPS) is 14.8. The minimum absolute atomic E-state index is 0.208. The SMILES string of the molecule is CCOc1cc(/C=C2\C(=O)NC(=O)N(c3ccc(Cl)cc3)C2=O)c(Br)cc1OCc1ccccc1. The maximum atomic E-state index is 13.2. The number of barbiturate groups is 1. The molecule has 3 aromatic carbocycles. The molecule has 4 rings (SSSR count). The Morgan fingerprint density at radius 3 is 2.34 bits per heavy atom. The summed E-state index contributed by atoms with van der Waals surface area (Å²) in [5, 5.41) is 2.66. The van der Waals surface area contributed by atoms with Crippen LogP contribution >= 0.6 is 27.5 Å². The highest BCUT2D eigenvalue weighted by Gasteiger charge is 2.37. The van der Waals surface area contributed by atoms with Crippen molar-refractivity contribution >= 4 is 57.1 Å². The molecule has 4 amide bonds. The molecule has 0 unspecified atom stereocenters. The zero-order valence-corrected chi connectivity index (χ0v) is 20.9. The second kappa shape index (κ2) is 10.8. The van der Waals surface area contributed by atoms with E-state index in [9.17, 15) is 14.4 Å². The fraction of sp³-hybridized carbons (Fsp3) is 0.115. The van der Waals surface area contributed by atoms with E-state index < -0.39 is 17.8 Å². The lowest BCUT2D eigenvalue weighted by atomic mass is 10.1. The number of halogens is 2. The first kappa shape index (κ1) is 24.5. The summed E-state index contributed by atoms with van der Waals surface area (Å²) in [7, 11) is 0. The van der Waals surface area contributed by atoms with Gasteiger partial charge in [0.05, 0.1) is 12.3 Å². The molecule has 9 heteroatoms. The average Bonchev–Trinajstić information content (AvgIpc) is 2.84. The predicted molar refractivity (Wildman–Crippen MR) is 137 cm³/mol. The minimum Gasteiger partial charge on any atom is -0.490 e. The molecule has 1 heterocycles. The van der Waals surface area contributed by atoms with Gasteiger partial charge in [-0.05, 0) is 60.5 Å². The van der Waals surface area contributed by atoms with E-state index in [1.165, 1.54) is 18.2 Å². The van der Waals surface area contributed by atoms with E-state index in [1.54, 1.807) is 24.3 Å². The third-order valence-electron chi connectivity index (χ3n) is 5.09. The monoisotopic (exact) mass is 554 g/mol. The number of urea groups is 1. The zero-order chi connectivity index (χ0) is 24.9. The van der Waals surface area contributed by atoms with E-state index in [0.29, 0.717) is 39.8 Å². The molecule has 1 aliphatic rings. The van der Waals surface area contributed by atoms with E-state index in [1.807, 2.05) is 37.3 Å². The summed E-state index contributed by atoms with van der Waals surface area (Å²) in [6.45, 7) is 2.57. The summed E-state index contributed by atoms with van der Waals surface area (Å²) >= 11 is 9.40. The molecule has 1 N–H and O–H groups in total. The molecule has 0 aliphatic carbocycles. The summed E-state index contributed by atoms with van der Waals surface area (Å²) in [5.74, 6) is -0.593. The van der Waals surface area contributed by atoms with Gasteiger partial charge in [0.15, 0.2) is 11.5 Å². The molecule has 0 radical (unpaired) electrons. The lowest BCUT2D eigenvalue weighted by Crippen LogP contribution is -2.54. The number of carbonyl (C=O) groups excluding carboxylic acids is 3. The number of rotatable bonds is 7. The van der Waals surface area contributed by atoms with Crippen molar-refractivity contribution < 1.29 is 23.9 Å². The Morgan fingerprint density at radius 1 is 0.971 bits per heavy atom. The number of hydrogen-bond acceptors (Lipinski definition) is 5. The molecule has 3 aromatic rings. The fourth-order valence-electron chi connectivity index (χ4n) is 3.42. The number of imide groups is 2. The van der Waals surface area contributed by atoms with Crippen LogP contribution in [0.5, 0.6) is 11.5 Å². The predicted octanol–water partition coefficient (Wildman–Crippen LogP) is 5.75. The molecule has 0 bridgehead atoms. The number of ether oxygens (including phenoxy) is 2. The third-order valence-corrected chi connectivity index (χ3v) is 6.03. The lowest BCUT2D eigenvalue weighted by Gasteiger charge is -2.26. The van der Waals surface area contributed by atoms with Gasteiger partial charge in [-0.3, -0.25) is 14.9 Å². The van der Waals surface area contributed by atoms with Crippen molar-refractivity contribution in [1.82, 2.24) is 5.32 Å². The first-order valence-electron chi connectivity index (χ1n) is 10.7. The van der Waals surface area contributed by atoms with E-state index >= 15 is 0 Å². The van der Waals surface area contributed by atoms with Crippen molar-refractivity contribution in [2.24, 2.45) is 0 Å². The van der Waals surface area contributed by atoms with Crippen molar-refractivity contribution in [3.8, 4) is 11.5 Å². The molecule has 178 valence electrons. The van der Waals surface area contributed by atoms with Crippen molar-refractivity contribution in [2.45, 2.75) is 13.5 Å². The molecule has 0 atom stereocenters. The second-order valence-corrected chi connectivity index (χ2v) is 8.75. The first-order chi connectivity index (χ1) is 16.9. The smallest absolute Gasteiger partial charge is 0.335 e. The van der Waals surface area contributed by atoms with Crippen molar-refractivity contribution in [1.29, 1.82) is 0 Å². The van der Waals surface area contributed by atoms with Gasteiger partial charge in [-0.15, -0.1) is 0 Å². The molecule has 7 nitrogen and oxygen atoms in total. The van der Waals surface area contributed by atoms with E-state index in [-0.39, 0.29) is 11.3 Å². The van der Waals surface area contributed by atoms with Crippen LogP contribution < -0.4 is 19.7 Å². The van der Waals surface area contributed by atoms with E-state index in [4.69, 9.17) is 21.1 Å². The van der Waals surface area contributed by atoms with Crippen LogP contribution in [0.25, 0.3) is 6.08 Å². The molecular formula is C26H20BrClN2O5. The van der Waals surface area contributed by atoms with Gasteiger partial charge in [0.25, 0.3) is 11.8 Å². The van der Waals surface area contributed by atoms with Gasteiger partial charge in [-0.2, -0.15) is 0 Å². The molecule has 0 saturated carbocycles. The Labute approximate surface area is 215 Å². The molecular weight excluding hydrogens is 536 g/mol. The Morgan fingerprint density at radius 2 is 1.66 bits per heavy atom. The molecule has 1 saturated heterocycles. The van der Waals surface area contributed by atoms with Gasteiger partial charge < -0.3 is 9.47 Å². The molecule has 35 heavy (non-hydrogen) atoms. The number of anilines is 1. The van der Waals surface area contributed by atoms with Crippen LogP contribution in [0.1, 0.15) is 18.1 Å². The van der Waals surface area contributed by atoms with E-state index in [0.717, 1.165) is 10.5 Å². The fourth-order valence-corrected chi connectivity index (χ4v) is 3.98. The van der Waals surface area contributed by atoms with Gasteiger partial charge >= 0.3 is 6.03 Å². The number of nitrogens with zero attached hydrogens (tertiary/aromatic N) is 1. The van der Waals surface area contributed by atoms with Crippen molar-refractivity contribution in [3.05, 3.63) is 92.9 Å². The zero-order valence-electron chi connectivity index (χ0n) is 18.6. The van der Waals surface area contributed by atoms with Crippen molar-refractivity contribution in [3.63, 3.8) is 0 Å². The highest BCUT2D eigenvalue weighted by Crippen LogP contribution is 2.36. The highest BCUT2D eigenvalue weighted by molar-refractivity contribution is 9.10. The van der Waals surface area contributed by atoms with Gasteiger partial charge in [0.2, 0.25) is 0 Å². The topological polar surface area (TPSA) is 84.9 Å². The van der Waals surface area contributed by atoms with Crippen molar-refractivity contribution in [2.75, 3.05) is 11.5 Å². The quantitative estimate of drug-likeness (QED) is 0.297. The van der Waals surface area contributed by atoms with Crippen LogP contribution in [-0.4, -0.2) is 24.5 Å². The van der Waals surface area contributed by atoms with Crippen LogP contribution in [-0.2, 0) is 16.2 Å². The Bertz CT molecular complexity index is 1310. The number of nitrogens with one attached hydrogen (secondary N) is 1. The molecule has 1 aliphatic heterocycles. The molecule has 0 spiro atoms. The van der Waals surface area contributed by atoms with Gasteiger partial charge in [-0.1, -0.05) is 57.9 Å². The molecule has 1 fully saturated rings. The highest BCUT2D eigenvalue weighted by atomic mass is 79.9. The number of benzene rings is 3. The third kappa shape index (κ3) is 5.55. The van der Waals surface area contributed by atoms with Crippen LogP contribution in [0.4, 0.5) is 10.5 Å². The van der Waals surface area contributed by atoms with Crippen LogP contribution in [0.15, 0.2) is 76.8 Å². The number of carbonyl (C=O) groups is 3. The first-order valence-corrected chi connectivity index (χ1v) is 11.8. The summed E-state index contributed by atoms with van der Waals surface area (Å²) < 4.78 is 12.3. The number of hydrogen-bond donors (Lipinski definition) is 1.